The van der Waals surface area contributed by atoms with Crippen LogP contribution in [0.25, 0.3) is 0 Å². The van der Waals surface area contributed by atoms with Gasteiger partial charge in [-0.1, -0.05) is 43.6 Å². The molecule has 0 bridgehead atoms. The van der Waals surface area contributed by atoms with E-state index in [2.05, 4.69) is 25.6 Å². The molecule has 0 heterocycles. The summed E-state index contributed by atoms with van der Waals surface area (Å²) < 4.78 is 35.1. The first-order valence-electron chi connectivity index (χ1n) is 10.8. The summed E-state index contributed by atoms with van der Waals surface area (Å²) >= 11 is 0. The maximum absolute atomic E-state index is 7.86. The molecule has 2 heteroatoms. The lowest BCUT2D eigenvalue weighted by Crippen LogP contribution is -2.18. The van der Waals surface area contributed by atoms with Crippen LogP contribution in [-0.2, 0) is 6.42 Å². The highest BCUT2D eigenvalue weighted by Crippen LogP contribution is 2.47. The molecule has 0 saturated heterocycles. The third-order valence-corrected chi connectivity index (χ3v) is 5.18. The van der Waals surface area contributed by atoms with Crippen molar-refractivity contribution in [3.05, 3.63) is 47.1 Å². The fourth-order valence-electron chi connectivity index (χ4n) is 3.79. The molecule has 0 aliphatic heterocycles. The summed E-state index contributed by atoms with van der Waals surface area (Å²) in [6.45, 7) is 6.31. The van der Waals surface area contributed by atoms with E-state index in [9.17, 15) is 0 Å². The fourth-order valence-corrected chi connectivity index (χ4v) is 3.79. The third kappa shape index (κ3) is 4.68. The molecule has 0 spiro atoms. The number of methoxy groups -OCH3 is 2. The minimum Gasteiger partial charge on any atom is -0.496 e. The molecule has 1 aliphatic rings. The second kappa shape index (κ2) is 9.12. The minimum atomic E-state index is -2.07. The highest BCUT2D eigenvalue weighted by Gasteiger charge is 2.30. The first kappa shape index (κ1) is 15.5. The zero-order chi connectivity index (χ0) is 20.9. The van der Waals surface area contributed by atoms with Crippen molar-refractivity contribution in [3.8, 4) is 11.5 Å². The number of hydrogen-bond donors (Lipinski definition) is 0. The summed E-state index contributed by atoms with van der Waals surface area (Å²) in [5.41, 5.74) is 3.69. The molecule has 0 saturated carbocycles. The minimum absolute atomic E-state index is 0.115. The second-order valence-electron chi connectivity index (χ2n) is 7.08. The van der Waals surface area contributed by atoms with Gasteiger partial charge in [0.2, 0.25) is 0 Å². The van der Waals surface area contributed by atoms with Crippen LogP contribution in [0.4, 0.5) is 0 Å². The van der Waals surface area contributed by atoms with Crippen molar-refractivity contribution in [3.63, 3.8) is 0 Å². The molecule has 1 unspecified atom stereocenters. The van der Waals surface area contributed by atoms with Gasteiger partial charge in [-0.05, 0) is 63.1 Å². The monoisotopic (exact) mass is 345 g/mol. The largest absolute Gasteiger partial charge is 0.496 e. The molecule has 1 aromatic carbocycles. The second-order valence-corrected chi connectivity index (χ2v) is 7.08. The van der Waals surface area contributed by atoms with E-state index in [1.165, 1.54) is 18.4 Å². The van der Waals surface area contributed by atoms with Crippen molar-refractivity contribution in [2.45, 2.75) is 65.1 Å². The van der Waals surface area contributed by atoms with Crippen molar-refractivity contribution in [2.24, 2.45) is 5.92 Å². The van der Waals surface area contributed by atoms with Gasteiger partial charge in [-0.3, -0.25) is 0 Å². The molecule has 1 aliphatic carbocycles. The van der Waals surface area contributed by atoms with Gasteiger partial charge in [0, 0.05) is 15.6 Å². The molecule has 2 nitrogen and oxygen atoms in total. The van der Waals surface area contributed by atoms with Gasteiger partial charge in [0.1, 0.15) is 11.5 Å². The van der Waals surface area contributed by atoms with Crippen LogP contribution in [0.5, 0.6) is 11.5 Å². The Bertz CT molecular complexity index is 694. The van der Waals surface area contributed by atoms with Crippen molar-refractivity contribution in [1.29, 1.82) is 0 Å². The molecule has 138 valence electrons. The van der Waals surface area contributed by atoms with Gasteiger partial charge in [0.25, 0.3) is 0 Å². The van der Waals surface area contributed by atoms with Crippen LogP contribution >= 0.6 is 0 Å². The van der Waals surface area contributed by atoms with Crippen LogP contribution in [0, 0.1) is 5.92 Å². The van der Waals surface area contributed by atoms with Crippen molar-refractivity contribution in [2.75, 3.05) is 14.2 Å². The zero-order valence-electron chi connectivity index (χ0n) is 19.2. The average Bonchev–Trinajstić information content (AvgIpc) is 2.66. The number of rotatable bonds is 8. The molecule has 25 heavy (non-hydrogen) atoms. The van der Waals surface area contributed by atoms with E-state index in [4.69, 9.17) is 13.6 Å². The van der Waals surface area contributed by atoms with Crippen LogP contribution in [0.2, 0.25) is 0 Å². The van der Waals surface area contributed by atoms with Gasteiger partial charge in [-0.25, -0.2) is 0 Å². The molecule has 0 aromatic heterocycles. The van der Waals surface area contributed by atoms with E-state index in [-0.39, 0.29) is 11.8 Å². The predicted octanol–water partition coefficient (Wildman–Crippen LogP) is 6.45. The lowest BCUT2D eigenvalue weighted by atomic mass is 9.73. The average molecular weight is 346 g/mol. The SMILES string of the molecule is [2H]C([2H])([2H])C1=CC(c2c(OC)cc(CCCCC)cc2OC)[C@@H](C(=C)C)CC1. The lowest BCUT2D eigenvalue weighted by Gasteiger charge is -2.32. The van der Waals surface area contributed by atoms with Crippen LogP contribution in [0.1, 0.15) is 74.0 Å². The summed E-state index contributed by atoms with van der Waals surface area (Å²) in [5.74, 6) is 1.59. The first-order valence-corrected chi connectivity index (χ1v) is 9.34. The van der Waals surface area contributed by atoms with Crippen molar-refractivity contribution < 1.29 is 13.6 Å². The van der Waals surface area contributed by atoms with Crippen molar-refractivity contribution in [1.82, 2.24) is 0 Å². The first-order chi connectivity index (χ1) is 13.2. The maximum atomic E-state index is 7.86. The Morgan fingerprint density at radius 3 is 2.44 bits per heavy atom. The fraction of sp³-hybridized carbons (Fsp3) is 0.565. The molecule has 0 radical (unpaired) electrons. The molecule has 2 atom stereocenters. The topological polar surface area (TPSA) is 18.5 Å². The van der Waals surface area contributed by atoms with Gasteiger partial charge in [-0.2, -0.15) is 0 Å². The van der Waals surface area contributed by atoms with Gasteiger partial charge in [0.05, 0.1) is 14.2 Å². The Morgan fingerprint density at radius 1 is 1.24 bits per heavy atom. The van der Waals surface area contributed by atoms with E-state index in [0.717, 1.165) is 41.9 Å². The Hall–Kier alpha value is -1.70. The van der Waals surface area contributed by atoms with E-state index in [1.807, 2.05) is 13.0 Å². The van der Waals surface area contributed by atoms with E-state index in [0.29, 0.717) is 12.0 Å². The van der Waals surface area contributed by atoms with E-state index < -0.39 is 6.85 Å². The number of ether oxygens (including phenoxy) is 2. The quantitative estimate of drug-likeness (QED) is 0.398. The summed E-state index contributed by atoms with van der Waals surface area (Å²) in [4.78, 5) is 0. The Kier molecular flexibility index (Phi) is 5.67. The summed E-state index contributed by atoms with van der Waals surface area (Å²) in [7, 11) is 3.34. The van der Waals surface area contributed by atoms with Gasteiger partial charge in [0.15, 0.2) is 0 Å². The normalized spacial score (nSPS) is 22.4. The Morgan fingerprint density at radius 2 is 1.92 bits per heavy atom. The van der Waals surface area contributed by atoms with E-state index in [1.54, 1.807) is 14.2 Å². The Labute approximate surface area is 158 Å². The number of benzene rings is 1. The lowest BCUT2D eigenvalue weighted by molar-refractivity contribution is 0.368. The van der Waals surface area contributed by atoms with E-state index >= 15 is 0 Å². The third-order valence-electron chi connectivity index (χ3n) is 5.18. The zero-order valence-corrected chi connectivity index (χ0v) is 16.2. The highest BCUT2D eigenvalue weighted by atomic mass is 16.5. The molecule has 0 fully saturated rings. The molecule has 0 N–H and O–H groups in total. The van der Waals surface area contributed by atoms with Crippen LogP contribution in [0.3, 0.4) is 0 Å². The standard InChI is InChI=1S/C23H34O2/c1-7-8-9-10-18-14-21(24-5)23(22(15-18)25-6)20-13-17(4)11-12-19(20)16(2)3/h13-15,19-20H,2,7-12H2,1,3-6H3/t19-,20?/m1/s1/i4D3. The predicted molar refractivity (Wildman–Crippen MR) is 107 cm³/mol. The van der Waals surface area contributed by atoms with Gasteiger partial charge >= 0.3 is 0 Å². The summed E-state index contributed by atoms with van der Waals surface area (Å²) in [6.07, 6.45) is 7.73. The smallest absolute Gasteiger partial charge is 0.126 e. The maximum Gasteiger partial charge on any atom is 0.126 e. The van der Waals surface area contributed by atoms with Crippen LogP contribution in [-0.4, -0.2) is 14.2 Å². The molecule has 1 aromatic rings. The molecular formula is C23H34O2. The van der Waals surface area contributed by atoms with Crippen LogP contribution < -0.4 is 9.47 Å². The molecular weight excluding hydrogens is 308 g/mol. The van der Waals surface area contributed by atoms with Crippen LogP contribution in [0.15, 0.2) is 35.9 Å². The van der Waals surface area contributed by atoms with Gasteiger partial charge in [-0.15, -0.1) is 0 Å². The molecule has 0 amide bonds. The summed E-state index contributed by atoms with van der Waals surface area (Å²) in [6, 6.07) is 4.17. The number of hydrogen-bond acceptors (Lipinski definition) is 2. The summed E-state index contributed by atoms with van der Waals surface area (Å²) in [5, 5.41) is 0. The van der Waals surface area contributed by atoms with Gasteiger partial charge < -0.3 is 9.47 Å². The highest BCUT2D eigenvalue weighted by molar-refractivity contribution is 5.53. The number of allylic oxidation sites excluding steroid dienone is 3. The molecule has 2 rings (SSSR count). The van der Waals surface area contributed by atoms with Crippen molar-refractivity contribution >= 4 is 0 Å². The number of unbranched alkanes of at least 4 members (excludes halogenated alkanes) is 2. The number of aryl methyl sites for hydroxylation is 1. The Balaban J connectivity index is 2.55.